The van der Waals surface area contributed by atoms with Crippen molar-refractivity contribution >= 4 is 50.1 Å². The molecule has 6 nitrogen and oxygen atoms in total. The number of halogens is 1. The summed E-state index contributed by atoms with van der Waals surface area (Å²) in [5.41, 5.74) is 4.25. The number of nitrogens with zero attached hydrogens (tertiary/aromatic N) is 3. The van der Waals surface area contributed by atoms with E-state index in [9.17, 15) is 8.42 Å². The first-order valence-corrected chi connectivity index (χ1v) is 12.4. The molecule has 0 saturated heterocycles. The first-order chi connectivity index (χ1) is 15.0. The molecule has 31 heavy (non-hydrogen) atoms. The van der Waals surface area contributed by atoms with Gasteiger partial charge in [-0.2, -0.15) is 8.75 Å². The van der Waals surface area contributed by atoms with Gasteiger partial charge >= 0.3 is 0 Å². The van der Waals surface area contributed by atoms with Gasteiger partial charge in [0.05, 0.1) is 11.7 Å². The van der Waals surface area contributed by atoms with Gasteiger partial charge in [-0.05, 0) is 47.9 Å². The van der Waals surface area contributed by atoms with Crippen LogP contribution in [0, 0.1) is 0 Å². The maximum atomic E-state index is 13.2. The Morgan fingerprint density at radius 3 is 2.74 bits per heavy atom. The number of nitrogens with one attached hydrogen (secondary N) is 1. The molecule has 3 aromatic carbocycles. The van der Waals surface area contributed by atoms with Gasteiger partial charge in [-0.25, -0.2) is 13.1 Å². The maximum Gasteiger partial charge on any atom is 0.243 e. The number of sulfonamides is 1. The van der Waals surface area contributed by atoms with E-state index in [4.69, 9.17) is 11.6 Å². The average Bonchev–Trinajstić information content (AvgIpc) is 3.22. The number of aromatic nitrogens is 2. The molecule has 2 heterocycles. The molecular weight excluding hydrogens is 452 g/mol. The van der Waals surface area contributed by atoms with E-state index in [1.54, 1.807) is 18.2 Å². The maximum absolute atomic E-state index is 13.2. The Morgan fingerprint density at radius 1 is 1.06 bits per heavy atom. The molecule has 5 rings (SSSR count). The standard InChI is InChI=1S/C22H19ClN4O2S2/c23-17-9-10-20-16(11-17)12-18(14-27(20)13-15-5-2-1-3-6-15)26-31(28,29)21-8-4-7-19-22(21)25-30-24-19/h1-11,18,26H,12-14H2. The third-order valence-corrected chi connectivity index (χ3v) is 7.70. The quantitative estimate of drug-likeness (QED) is 0.471. The summed E-state index contributed by atoms with van der Waals surface area (Å²) in [6.07, 6.45) is 0.561. The van der Waals surface area contributed by atoms with Crippen molar-refractivity contribution in [1.82, 2.24) is 13.5 Å². The van der Waals surface area contributed by atoms with Gasteiger partial charge in [0.15, 0.2) is 0 Å². The smallest absolute Gasteiger partial charge is 0.243 e. The van der Waals surface area contributed by atoms with Crippen molar-refractivity contribution in [1.29, 1.82) is 0 Å². The summed E-state index contributed by atoms with van der Waals surface area (Å²) < 4.78 is 37.7. The van der Waals surface area contributed by atoms with E-state index < -0.39 is 10.0 Å². The molecule has 0 saturated carbocycles. The van der Waals surface area contributed by atoms with Crippen LogP contribution in [0.1, 0.15) is 11.1 Å². The van der Waals surface area contributed by atoms with E-state index in [1.165, 1.54) is 0 Å². The second-order valence-electron chi connectivity index (χ2n) is 7.55. The van der Waals surface area contributed by atoms with Crippen LogP contribution in [0.3, 0.4) is 0 Å². The van der Waals surface area contributed by atoms with Crippen LogP contribution < -0.4 is 9.62 Å². The van der Waals surface area contributed by atoms with Crippen LogP contribution in [0.5, 0.6) is 0 Å². The summed E-state index contributed by atoms with van der Waals surface area (Å²) >= 11 is 7.25. The van der Waals surface area contributed by atoms with Gasteiger partial charge in [0.1, 0.15) is 15.9 Å². The van der Waals surface area contributed by atoms with E-state index in [0.717, 1.165) is 28.5 Å². The summed E-state index contributed by atoms with van der Waals surface area (Å²) in [5.74, 6) is 0. The molecule has 4 aromatic rings. The minimum atomic E-state index is -3.77. The number of benzene rings is 3. The van der Waals surface area contributed by atoms with E-state index in [2.05, 4.69) is 30.5 Å². The average molecular weight is 471 g/mol. The van der Waals surface area contributed by atoms with Crippen molar-refractivity contribution < 1.29 is 8.42 Å². The lowest BCUT2D eigenvalue weighted by Gasteiger charge is -2.36. The number of hydrogen-bond acceptors (Lipinski definition) is 6. The van der Waals surface area contributed by atoms with Crippen LogP contribution in [-0.2, 0) is 23.0 Å². The highest BCUT2D eigenvalue weighted by Gasteiger charge is 2.30. The molecule has 0 radical (unpaired) electrons. The lowest BCUT2D eigenvalue weighted by molar-refractivity contribution is 0.525. The molecule has 0 fully saturated rings. The Kier molecular flexibility index (Phi) is 5.39. The highest BCUT2D eigenvalue weighted by atomic mass is 35.5. The fourth-order valence-corrected chi connectivity index (χ4v) is 6.22. The van der Waals surface area contributed by atoms with Crippen molar-refractivity contribution in [2.75, 3.05) is 11.4 Å². The summed E-state index contributed by atoms with van der Waals surface area (Å²) in [7, 11) is -3.77. The van der Waals surface area contributed by atoms with E-state index in [0.29, 0.717) is 35.6 Å². The lowest BCUT2D eigenvalue weighted by Crippen LogP contribution is -2.48. The van der Waals surface area contributed by atoms with E-state index in [-0.39, 0.29) is 10.9 Å². The summed E-state index contributed by atoms with van der Waals surface area (Å²) in [6.45, 7) is 1.23. The van der Waals surface area contributed by atoms with Crippen LogP contribution >= 0.6 is 23.3 Å². The Hall–Kier alpha value is -2.52. The summed E-state index contributed by atoms with van der Waals surface area (Å²) in [6, 6.07) is 20.6. The lowest BCUT2D eigenvalue weighted by atomic mass is 9.98. The SMILES string of the molecule is O=S(=O)(NC1Cc2cc(Cl)ccc2N(Cc2ccccc2)C1)c1cccc2nsnc12. The molecule has 0 aliphatic carbocycles. The van der Waals surface area contributed by atoms with Gasteiger partial charge in [-0.3, -0.25) is 0 Å². The Balaban J connectivity index is 1.46. The van der Waals surface area contributed by atoms with Crippen LogP contribution in [0.4, 0.5) is 5.69 Å². The van der Waals surface area contributed by atoms with Crippen molar-refractivity contribution in [3.8, 4) is 0 Å². The fourth-order valence-electron chi connectivity index (χ4n) is 4.03. The first-order valence-electron chi connectivity index (χ1n) is 9.80. The largest absolute Gasteiger partial charge is 0.365 e. The number of fused-ring (bicyclic) bond motifs is 2. The number of rotatable bonds is 5. The van der Waals surface area contributed by atoms with Gasteiger partial charge in [-0.15, -0.1) is 0 Å². The van der Waals surface area contributed by atoms with Crippen molar-refractivity contribution in [3.05, 3.63) is 82.9 Å². The minimum Gasteiger partial charge on any atom is -0.365 e. The van der Waals surface area contributed by atoms with Crippen LogP contribution in [0.15, 0.2) is 71.6 Å². The Morgan fingerprint density at radius 2 is 1.90 bits per heavy atom. The topological polar surface area (TPSA) is 75.2 Å². The highest BCUT2D eigenvalue weighted by molar-refractivity contribution is 7.89. The zero-order valence-corrected chi connectivity index (χ0v) is 18.8. The molecule has 0 amide bonds. The van der Waals surface area contributed by atoms with Gasteiger partial charge < -0.3 is 4.90 Å². The Labute approximate surface area is 189 Å². The Bertz CT molecular complexity index is 1340. The zero-order valence-electron chi connectivity index (χ0n) is 16.4. The number of hydrogen-bond donors (Lipinski definition) is 1. The predicted octanol–water partition coefficient (Wildman–Crippen LogP) is 4.25. The third-order valence-electron chi connectivity index (χ3n) is 5.37. The second-order valence-corrected chi connectivity index (χ2v) is 10.2. The second kappa shape index (κ2) is 8.20. The van der Waals surface area contributed by atoms with Crippen LogP contribution in [0.25, 0.3) is 11.0 Å². The zero-order chi connectivity index (χ0) is 21.4. The molecule has 0 bridgehead atoms. The van der Waals surface area contributed by atoms with Crippen molar-refractivity contribution in [3.63, 3.8) is 0 Å². The van der Waals surface area contributed by atoms with E-state index in [1.807, 2.05) is 36.4 Å². The molecule has 1 aliphatic rings. The van der Waals surface area contributed by atoms with Crippen molar-refractivity contribution in [2.45, 2.75) is 23.9 Å². The molecule has 1 unspecified atom stereocenters. The monoisotopic (exact) mass is 470 g/mol. The molecule has 158 valence electrons. The minimum absolute atomic E-state index is 0.158. The normalized spacial score (nSPS) is 16.4. The van der Waals surface area contributed by atoms with Gasteiger partial charge in [0.25, 0.3) is 0 Å². The van der Waals surface area contributed by atoms with Gasteiger partial charge in [-0.1, -0.05) is 48.0 Å². The predicted molar refractivity (Wildman–Crippen MR) is 124 cm³/mol. The molecule has 0 spiro atoms. The molecule has 9 heteroatoms. The van der Waals surface area contributed by atoms with Crippen LogP contribution in [0.2, 0.25) is 5.02 Å². The highest BCUT2D eigenvalue weighted by Crippen LogP contribution is 2.32. The summed E-state index contributed by atoms with van der Waals surface area (Å²) in [4.78, 5) is 2.35. The van der Waals surface area contributed by atoms with Crippen molar-refractivity contribution in [2.24, 2.45) is 0 Å². The van der Waals surface area contributed by atoms with Gasteiger partial charge in [0, 0.05) is 29.8 Å². The molecule has 1 aliphatic heterocycles. The fraction of sp³-hybridized carbons (Fsp3) is 0.182. The third kappa shape index (κ3) is 4.16. The first kappa shape index (κ1) is 20.4. The van der Waals surface area contributed by atoms with Gasteiger partial charge in [0.2, 0.25) is 10.0 Å². The van der Waals surface area contributed by atoms with E-state index >= 15 is 0 Å². The molecule has 1 aromatic heterocycles. The molecule has 1 N–H and O–H groups in total. The molecular formula is C22H19ClN4O2S2. The summed E-state index contributed by atoms with van der Waals surface area (Å²) in [5, 5.41) is 0.639. The molecule has 1 atom stereocenters. The number of anilines is 1. The van der Waals surface area contributed by atoms with Crippen LogP contribution in [-0.4, -0.2) is 29.8 Å².